The van der Waals surface area contributed by atoms with Gasteiger partial charge < -0.3 is 10.6 Å². The van der Waals surface area contributed by atoms with Crippen LogP contribution in [0.1, 0.15) is 78.1 Å². The number of nitrogens with one attached hydrogen (secondary N) is 2. The zero-order valence-electron chi connectivity index (χ0n) is 33.8. The molecule has 0 spiro atoms. The Kier molecular flexibility index (Phi) is 9.79. The van der Waals surface area contributed by atoms with Gasteiger partial charge in [0.2, 0.25) is 0 Å². The summed E-state index contributed by atoms with van der Waals surface area (Å²) in [5, 5.41) is 7.25. The lowest BCUT2D eigenvalue weighted by Gasteiger charge is -2.30. The van der Waals surface area contributed by atoms with Gasteiger partial charge in [0, 0.05) is 40.4 Å². The summed E-state index contributed by atoms with van der Waals surface area (Å²) in [6, 6.07) is 62.3. The highest BCUT2D eigenvalue weighted by atomic mass is 14.9. The van der Waals surface area contributed by atoms with Crippen molar-refractivity contribution in [2.45, 2.75) is 44.4 Å². The third kappa shape index (κ3) is 7.12. The van der Waals surface area contributed by atoms with Crippen LogP contribution in [0, 0.1) is 0 Å². The molecule has 0 radical (unpaired) electrons. The van der Waals surface area contributed by atoms with Crippen LogP contribution in [0.25, 0.3) is 34.0 Å². The highest BCUT2D eigenvalue weighted by Crippen LogP contribution is 2.49. The van der Waals surface area contributed by atoms with Crippen molar-refractivity contribution in [2.75, 3.05) is 11.9 Å². The summed E-state index contributed by atoms with van der Waals surface area (Å²) in [5.74, 6) is 0.128. The molecular formula is C56H50N2. The zero-order valence-corrected chi connectivity index (χ0v) is 33.8. The van der Waals surface area contributed by atoms with E-state index >= 15 is 0 Å². The lowest BCUT2D eigenvalue weighted by Crippen LogP contribution is -2.20. The molecule has 1 heterocycles. The molecule has 9 rings (SSSR count). The van der Waals surface area contributed by atoms with Gasteiger partial charge in [0.15, 0.2) is 0 Å². The SMILES string of the molecule is CC(C)(c1ccccc1)c1cc(-c2ccc(/C=C/C(c3ccccc3)c3ccc4c(c3)C(C)(C)c3ccccc3-4)cc2)ccc1Nc1ccc(C2=CC=CCN2)cc1. The molecule has 284 valence electrons. The minimum Gasteiger partial charge on any atom is -0.381 e. The average molecular weight is 751 g/mol. The van der Waals surface area contributed by atoms with E-state index in [0.717, 1.165) is 23.6 Å². The maximum Gasteiger partial charge on any atom is 0.0426 e. The number of anilines is 2. The fourth-order valence-corrected chi connectivity index (χ4v) is 8.89. The number of hydrogen-bond donors (Lipinski definition) is 2. The predicted molar refractivity (Wildman–Crippen MR) is 247 cm³/mol. The van der Waals surface area contributed by atoms with Gasteiger partial charge in [-0.25, -0.2) is 0 Å². The molecule has 0 bridgehead atoms. The summed E-state index contributed by atoms with van der Waals surface area (Å²) in [7, 11) is 0. The van der Waals surface area contributed by atoms with Crippen molar-refractivity contribution >= 4 is 23.1 Å². The molecule has 58 heavy (non-hydrogen) atoms. The molecule has 2 heteroatoms. The molecule has 0 saturated heterocycles. The van der Waals surface area contributed by atoms with Crippen molar-refractivity contribution in [2.24, 2.45) is 0 Å². The Hall–Kier alpha value is -6.64. The van der Waals surface area contributed by atoms with Crippen LogP contribution in [0.4, 0.5) is 11.4 Å². The molecule has 2 nitrogen and oxygen atoms in total. The number of allylic oxidation sites excluding steroid dienone is 3. The second-order valence-electron chi connectivity index (χ2n) is 16.7. The van der Waals surface area contributed by atoms with Crippen LogP contribution in [-0.2, 0) is 10.8 Å². The van der Waals surface area contributed by atoms with Gasteiger partial charge >= 0.3 is 0 Å². The van der Waals surface area contributed by atoms with E-state index in [-0.39, 0.29) is 16.7 Å². The minimum absolute atomic E-state index is 0.0405. The molecule has 0 saturated carbocycles. The van der Waals surface area contributed by atoms with Crippen molar-refractivity contribution in [1.29, 1.82) is 0 Å². The van der Waals surface area contributed by atoms with E-state index in [2.05, 4.69) is 239 Å². The first kappa shape index (κ1) is 37.0. The lowest BCUT2D eigenvalue weighted by atomic mass is 9.76. The predicted octanol–water partition coefficient (Wildman–Crippen LogP) is 14.1. The van der Waals surface area contributed by atoms with Crippen molar-refractivity contribution in [3.05, 3.63) is 239 Å². The van der Waals surface area contributed by atoms with Crippen molar-refractivity contribution in [3.8, 4) is 22.3 Å². The molecule has 0 fully saturated rings. The zero-order chi connectivity index (χ0) is 39.7. The number of fused-ring (bicyclic) bond motifs is 3. The second kappa shape index (κ2) is 15.4. The maximum atomic E-state index is 3.78. The standard InChI is InChI=1S/C56H50N2/c1-55(2,45-17-9-6-10-18-45)52-37-43(30-35-54(52)58-46-31-27-42(28-32-46)53-21-13-14-36-57-53)40-25-22-39(23-26-40)24-33-47(41-15-7-5-8-16-41)44-29-34-49-48-19-11-12-20-50(48)56(3,4)51(49)38-44/h5-35,37-38,47,57-58H,36H2,1-4H3/b33-24+. The van der Waals surface area contributed by atoms with Gasteiger partial charge in [-0.15, -0.1) is 0 Å². The molecule has 0 amide bonds. The topological polar surface area (TPSA) is 24.1 Å². The highest BCUT2D eigenvalue weighted by Gasteiger charge is 2.35. The van der Waals surface area contributed by atoms with Gasteiger partial charge in [0.25, 0.3) is 0 Å². The lowest BCUT2D eigenvalue weighted by molar-refractivity contribution is 0.643. The van der Waals surface area contributed by atoms with Gasteiger partial charge in [0.05, 0.1) is 0 Å². The smallest absolute Gasteiger partial charge is 0.0426 e. The van der Waals surface area contributed by atoms with Crippen LogP contribution >= 0.6 is 0 Å². The molecule has 0 aromatic heterocycles. The Morgan fingerprint density at radius 3 is 2.03 bits per heavy atom. The fraction of sp³-hybridized carbons (Fsp3) is 0.143. The molecule has 1 aliphatic heterocycles. The first-order chi connectivity index (χ1) is 28.3. The average Bonchev–Trinajstić information content (AvgIpc) is 3.50. The molecular weight excluding hydrogens is 701 g/mol. The third-order valence-corrected chi connectivity index (χ3v) is 12.3. The van der Waals surface area contributed by atoms with Crippen molar-refractivity contribution in [3.63, 3.8) is 0 Å². The van der Waals surface area contributed by atoms with Crippen LogP contribution in [0.5, 0.6) is 0 Å². The molecule has 2 aliphatic rings. The number of dihydropyridines is 1. The molecule has 7 aromatic carbocycles. The van der Waals surface area contributed by atoms with Crippen LogP contribution in [0.15, 0.2) is 194 Å². The van der Waals surface area contributed by atoms with Gasteiger partial charge in [-0.2, -0.15) is 0 Å². The Labute approximate surface area is 344 Å². The Morgan fingerprint density at radius 2 is 1.29 bits per heavy atom. The van der Waals surface area contributed by atoms with E-state index in [1.807, 2.05) is 0 Å². The van der Waals surface area contributed by atoms with Gasteiger partial charge in [-0.1, -0.05) is 198 Å². The van der Waals surface area contributed by atoms with Crippen LogP contribution < -0.4 is 10.6 Å². The van der Waals surface area contributed by atoms with E-state index < -0.39 is 0 Å². The fourth-order valence-electron chi connectivity index (χ4n) is 8.89. The van der Waals surface area contributed by atoms with E-state index in [1.165, 1.54) is 66.8 Å². The number of hydrogen-bond acceptors (Lipinski definition) is 2. The largest absolute Gasteiger partial charge is 0.381 e. The van der Waals surface area contributed by atoms with Crippen LogP contribution in [-0.4, -0.2) is 6.54 Å². The van der Waals surface area contributed by atoms with E-state index in [0.29, 0.717) is 0 Å². The Morgan fingerprint density at radius 1 is 0.621 bits per heavy atom. The summed E-state index contributed by atoms with van der Waals surface area (Å²) in [6.07, 6.45) is 11.0. The second-order valence-corrected chi connectivity index (χ2v) is 16.7. The summed E-state index contributed by atoms with van der Waals surface area (Å²) >= 11 is 0. The normalized spacial score (nSPS) is 14.7. The first-order valence-corrected chi connectivity index (χ1v) is 20.5. The first-order valence-electron chi connectivity index (χ1n) is 20.5. The maximum absolute atomic E-state index is 3.78. The summed E-state index contributed by atoms with van der Waals surface area (Å²) in [4.78, 5) is 0. The van der Waals surface area contributed by atoms with Crippen molar-refractivity contribution < 1.29 is 0 Å². The Balaban J connectivity index is 1.01. The quantitative estimate of drug-likeness (QED) is 0.145. The third-order valence-electron chi connectivity index (χ3n) is 12.3. The van der Waals surface area contributed by atoms with E-state index in [1.54, 1.807) is 0 Å². The summed E-state index contributed by atoms with van der Waals surface area (Å²) in [5.41, 5.74) is 18.4. The summed E-state index contributed by atoms with van der Waals surface area (Å²) in [6.45, 7) is 10.2. The number of benzene rings is 7. The summed E-state index contributed by atoms with van der Waals surface area (Å²) < 4.78 is 0. The van der Waals surface area contributed by atoms with Crippen LogP contribution in [0.2, 0.25) is 0 Å². The molecule has 1 aliphatic carbocycles. The monoisotopic (exact) mass is 750 g/mol. The molecule has 1 atom stereocenters. The van der Waals surface area contributed by atoms with E-state index in [9.17, 15) is 0 Å². The van der Waals surface area contributed by atoms with Crippen molar-refractivity contribution in [1.82, 2.24) is 5.32 Å². The van der Waals surface area contributed by atoms with Gasteiger partial charge in [-0.05, 0) is 97.1 Å². The molecule has 2 N–H and O–H groups in total. The highest BCUT2D eigenvalue weighted by molar-refractivity contribution is 5.81. The van der Waals surface area contributed by atoms with E-state index in [4.69, 9.17) is 0 Å². The van der Waals surface area contributed by atoms with Gasteiger partial charge in [-0.3, -0.25) is 0 Å². The number of rotatable bonds is 10. The minimum atomic E-state index is -0.243. The molecule has 1 unspecified atom stereocenters. The molecule has 7 aromatic rings. The van der Waals surface area contributed by atoms with Crippen LogP contribution in [0.3, 0.4) is 0 Å². The Bertz CT molecular complexity index is 2660. The van der Waals surface area contributed by atoms with Gasteiger partial charge in [0.1, 0.15) is 0 Å².